The van der Waals surface area contributed by atoms with Gasteiger partial charge in [0, 0.05) is 0 Å². The number of hydrogen-bond acceptors (Lipinski definition) is 6. The van der Waals surface area contributed by atoms with Gasteiger partial charge < -0.3 is 0 Å². The van der Waals surface area contributed by atoms with E-state index in [1.807, 2.05) is 199 Å². The summed E-state index contributed by atoms with van der Waals surface area (Å²) in [7, 11) is 19.1. The van der Waals surface area contributed by atoms with Gasteiger partial charge in [-0.25, -0.2) is 9.97 Å². The van der Waals surface area contributed by atoms with Crippen molar-refractivity contribution in [2.45, 2.75) is 82.1 Å². The number of aliphatic imine (C=N–C) groups is 4. The van der Waals surface area contributed by atoms with Crippen molar-refractivity contribution in [1.29, 1.82) is 0 Å². The van der Waals surface area contributed by atoms with E-state index in [9.17, 15) is 0 Å². The number of halogens is 4. The van der Waals surface area contributed by atoms with Gasteiger partial charge in [-0.3, -0.25) is 20.0 Å². The van der Waals surface area contributed by atoms with E-state index < -0.39 is 0 Å². The standard InChI is InChI=1S/2C21H19N3.2C3H8.2C3H6.4ClH.2Fe.2H3P/c2*1-16(22-18-10-5-3-6-11-18)20-14-9-15-21(24-20)17(2)23-19-12-7-4-8-13-19;4*1-3-2;;;;;;;;/h2*3-15H,1-2H3;2*3H2,1-2H3;2*3H,1H2,2H3;4*1H;;;2*1H3/q;;;;;;;;;;2*+2;;/p-4. The van der Waals surface area contributed by atoms with E-state index >= 15 is 0 Å². The summed E-state index contributed by atoms with van der Waals surface area (Å²) < 4.78 is 0. The van der Waals surface area contributed by atoms with E-state index in [0.29, 0.717) is 0 Å². The Labute approximate surface area is 446 Å². The van der Waals surface area contributed by atoms with Crippen LogP contribution in [0.5, 0.6) is 0 Å². The molecule has 6 aromatic rings. The van der Waals surface area contributed by atoms with Crippen LogP contribution in [0.15, 0.2) is 203 Å². The van der Waals surface area contributed by atoms with Gasteiger partial charge in [-0.15, -0.1) is 13.2 Å². The molecule has 0 saturated carbocycles. The molecule has 4 aromatic carbocycles. The van der Waals surface area contributed by atoms with E-state index in [0.717, 1.165) is 68.4 Å². The van der Waals surface area contributed by atoms with Gasteiger partial charge in [0.05, 0.1) is 68.4 Å². The zero-order valence-electron chi connectivity index (χ0n) is 41.3. The fourth-order valence-electron chi connectivity index (χ4n) is 4.69. The van der Waals surface area contributed by atoms with Gasteiger partial charge in [-0.1, -0.05) is 138 Å². The monoisotopic (exact) mass is 1120 g/mol. The Morgan fingerprint density at radius 1 is 0.397 bits per heavy atom. The third-order valence-electron chi connectivity index (χ3n) is 7.19. The van der Waals surface area contributed by atoms with Crippen LogP contribution in [-0.2, 0) is 26.3 Å². The van der Waals surface area contributed by atoms with Crippen molar-refractivity contribution in [2.75, 3.05) is 0 Å². The Balaban J connectivity index is -0.000000437. The van der Waals surface area contributed by atoms with Crippen LogP contribution in [0, 0.1) is 0 Å². The molecule has 6 nitrogen and oxygen atoms in total. The molecule has 0 aliphatic heterocycles. The summed E-state index contributed by atoms with van der Waals surface area (Å²) in [5.41, 5.74) is 10.7. The van der Waals surface area contributed by atoms with Crippen molar-refractivity contribution in [1.82, 2.24) is 9.97 Å². The van der Waals surface area contributed by atoms with Crippen LogP contribution in [-0.4, -0.2) is 32.8 Å². The van der Waals surface area contributed by atoms with E-state index in [1.165, 1.54) is 12.8 Å². The van der Waals surface area contributed by atoms with E-state index in [-0.39, 0.29) is 46.1 Å². The average Bonchev–Trinajstić information content (AvgIpc) is 3.32. The molecule has 2 heterocycles. The first-order chi connectivity index (χ1) is 31.9. The summed E-state index contributed by atoms with van der Waals surface area (Å²) in [6.45, 7) is 26.9. The molecule has 0 aliphatic rings. The van der Waals surface area contributed by atoms with E-state index in [1.54, 1.807) is 12.2 Å². The SMILES string of the molecule is C=CC.C=CC.CC(=Nc1ccccc1)c1cccc(C(C)=Nc2ccccc2)n1.CC(=Nc1ccccc1)c1cccc(C(C)=Nc2ccccc2)n1.CCC.CCC.P.P.[Cl][Fe][Cl].[Cl][Fe][Cl]. The number of rotatable bonds is 8. The van der Waals surface area contributed by atoms with Crippen molar-refractivity contribution in [2.24, 2.45) is 20.0 Å². The van der Waals surface area contributed by atoms with Crippen molar-refractivity contribution in [3.8, 4) is 0 Å². The number of allylic oxidation sites excluding steroid dienone is 2. The quantitative estimate of drug-likeness (QED) is 0.0659. The normalized spacial score (nSPS) is 10.2. The maximum absolute atomic E-state index is 4.76. The molecule has 0 saturated heterocycles. The van der Waals surface area contributed by atoms with Crippen LogP contribution in [0.1, 0.15) is 105 Å². The predicted molar refractivity (Wildman–Crippen MR) is 311 cm³/mol. The van der Waals surface area contributed by atoms with Gasteiger partial charge in [0.1, 0.15) is 0 Å². The Morgan fingerprint density at radius 3 is 0.691 bits per heavy atom. The van der Waals surface area contributed by atoms with Crippen LogP contribution >= 0.6 is 60.2 Å². The number of pyridine rings is 2. The van der Waals surface area contributed by atoms with Crippen molar-refractivity contribution < 1.29 is 26.3 Å². The molecule has 2 atom stereocenters. The predicted octanol–water partition coefficient (Wildman–Crippen LogP) is 18.8. The Morgan fingerprint density at radius 2 is 0.544 bits per heavy atom. The molecule has 2 aromatic heterocycles. The van der Waals surface area contributed by atoms with Crippen molar-refractivity contribution >= 4 is 106 Å². The van der Waals surface area contributed by atoms with Crippen molar-refractivity contribution in [3.05, 3.63) is 206 Å². The number of hydrogen-bond donors (Lipinski definition) is 0. The molecular weight excluding hydrogens is 1050 g/mol. The third kappa shape index (κ3) is 36.4. The molecule has 68 heavy (non-hydrogen) atoms. The zero-order valence-corrected chi connectivity index (χ0v) is 49.4. The van der Waals surface area contributed by atoms with Crippen LogP contribution in [0.2, 0.25) is 0 Å². The zero-order chi connectivity index (χ0) is 49.8. The van der Waals surface area contributed by atoms with Crippen LogP contribution in [0.25, 0.3) is 0 Å². The maximum atomic E-state index is 4.76. The topological polar surface area (TPSA) is 75.2 Å². The molecule has 0 aliphatic carbocycles. The number of para-hydroxylation sites is 4. The minimum atomic E-state index is 0. The summed E-state index contributed by atoms with van der Waals surface area (Å²) >= 11 is 0.389. The molecule has 6 rings (SSSR count). The van der Waals surface area contributed by atoms with Gasteiger partial charge in [-0.2, -0.15) is 19.8 Å². The van der Waals surface area contributed by atoms with Gasteiger partial charge in [0.25, 0.3) is 0 Å². The summed E-state index contributed by atoms with van der Waals surface area (Å²) in [5.74, 6) is 0. The molecule has 0 radical (unpaired) electrons. The summed E-state index contributed by atoms with van der Waals surface area (Å²) in [6.07, 6.45) is 6.00. The second-order valence-electron chi connectivity index (χ2n) is 13.3. The fraction of sp³-hybridized carbons (Fsp3) is 0.222. The molecule has 0 spiro atoms. The van der Waals surface area contributed by atoms with Crippen LogP contribution < -0.4 is 0 Å². The number of aromatic nitrogens is 2. The van der Waals surface area contributed by atoms with Gasteiger partial charge in [-0.05, 0) is 114 Å². The number of benzene rings is 4. The van der Waals surface area contributed by atoms with E-state index in [4.69, 9.17) is 50.4 Å². The second kappa shape index (κ2) is 49.8. The number of nitrogens with zero attached hydrogens (tertiary/aromatic N) is 6. The first-order valence-corrected chi connectivity index (χ1v) is 27.2. The van der Waals surface area contributed by atoms with E-state index in [2.05, 4.69) is 60.8 Å². The Kier molecular flexibility index (Phi) is 52.0. The third-order valence-corrected chi connectivity index (χ3v) is 7.19. The average molecular weight is 1120 g/mol. The molecule has 2 unspecified atom stereocenters. The first kappa shape index (κ1) is 71.0. The molecule has 0 bridgehead atoms. The van der Waals surface area contributed by atoms with Crippen LogP contribution in [0.3, 0.4) is 0 Å². The minimum absolute atomic E-state index is 0. The fourth-order valence-corrected chi connectivity index (χ4v) is 4.69. The molecule has 372 valence electrons. The summed E-state index contributed by atoms with van der Waals surface area (Å²) in [4.78, 5) is 27.9. The molecule has 14 heteroatoms. The summed E-state index contributed by atoms with van der Waals surface area (Å²) in [5, 5.41) is 0. The summed E-state index contributed by atoms with van der Waals surface area (Å²) in [6, 6.07) is 51.5. The molecule has 0 N–H and O–H groups in total. The first-order valence-electron chi connectivity index (χ1n) is 21.1. The molecular formula is C54H72Cl4Fe2N6P2. The second-order valence-corrected chi connectivity index (χ2v) is 16.9. The Hall–Kier alpha value is -3.60. The molecule has 0 amide bonds. The van der Waals surface area contributed by atoms with Crippen molar-refractivity contribution in [3.63, 3.8) is 0 Å². The Bertz CT molecular complexity index is 1950. The molecule has 0 fully saturated rings. The van der Waals surface area contributed by atoms with Gasteiger partial charge >= 0.3 is 66.7 Å². The van der Waals surface area contributed by atoms with Gasteiger partial charge in [0.2, 0.25) is 0 Å². The van der Waals surface area contributed by atoms with Gasteiger partial charge in [0.15, 0.2) is 0 Å². The van der Waals surface area contributed by atoms with Crippen LogP contribution in [0.4, 0.5) is 22.7 Å².